The minimum Gasteiger partial charge on any atom is -0.351 e. The monoisotopic (exact) mass is 376 g/mol. The molecule has 142 valence electrons. The van der Waals surface area contributed by atoms with E-state index in [1.54, 1.807) is 0 Å². The molecule has 0 N–H and O–H groups in total. The summed E-state index contributed by atoms with van der Waals surface area (Å²) in [5.41, 5.74) is 4.03. The predicted octanol–water partition coefficient (Wildman–Crippen LogP) is 7.08. The number of aryl methyl sites for hydroxylation is 3. The Morgan fingerprint density at radius 2 is 1.10 bits per heavy atom. The number of hydrogen-bond acceptors (Lipinski definition) is 0. The largest absolute Gasteiger partial charge is 0.351 e. The third kappa shape index (κ3) is 2.17. The van der Waals surface area contributed by atoms with Gasteiger partial charge in [0.25, 0.3) is 0 Å². The number of fused-ring (bicyclic) bond motifs is 9. The molecular formula is C27H24N2. The van der Waals surface area contributed by atoms with E-state index < -0.39 is 0 Å². The molecule has 0 saturated carbocycles. The fourth-order valence-electron chi connectivity index (χ4n) is 5.17. The highest BCUT2D eigenvalue weighted by molar-refractivity contribution is 6.24. The Kier molecular flexibility index (Phi) is 3.37. The molecule has 29 heavy (non-hydrogen) atoms. The number of hydrogen-bond donors (Lipinski definition) is 0. The Morgan fingerprint density at radius 3 is 1.72 bits per heavy atom. The zero-order valence-electron chi connectivity index (χ0n) is 17.2. The molecule has 0 bridgehead atoms. The summed E-state index contributed by atoms with van der Waals surface area (Å²) < 4.78 is 4.55. The molecule has 6 rings (SSSR count). The van der Waals surface area contributed by atoms with E-state index in [0.717, 1.165) is 6.42 Å². The second-order valence-electron chi connectivity index (χ2n) is 8.28. The van der Waals surface area contributed by atoms with Gasteiger partial charge in [0.1, 0.15) is 0 Å². The number of benzene rings is 4. The summed E-state index contributed by atoms with van der Waals surface area (Å²) in [6.07, 6.45) is 4.44. The Morgan fingerprint density at radius 1 is 0.586 bits per heavy atom. The van der Waals surface area contributed by atoms with Crippen molar-refractivity contribution in [3.63, 3.8) is 0 Å². The third-order valence-electron chi connectivity index (χ3n) is 6.69. The van der Waals surface area contributed by atoms with Crippen LogP contribution in [0.25, 0.3) is 54.1 Å². The van der Waals surface area contributed by atoms with E-state index in [-0.39, 0.29) is 0 Å². The lowest BCUT2D eigenvalue weighted by atomic mass is 9.94. The van der Waals surface area contributed by atoms with E-state index in [0.29, 0.717) is 0 Å². The summed E-state index contributed by atoms with van der Waals surface area (Å²) in [5, 5.41) is 10.7. The lowest BCUT2D eigenvalue weighted by Gasteiger charge is -2.10. The minimum atomic E-state index is 1.12. The molecule has 0 atom stereocenters. The van der Waals surface area contributed by atoms with E-state index in [9.17, 15) is 0 Å². The van der Waals surface area contributed by atoms with Gasteiger partial charge in [-0.2, -0.15) is 0 Å². The number of rotatable bonds is 2. The quantitative estimate of drug-likeness (QED) is 0.286. The molecule has 2 aromatic heterocycles. The average Bonchev–Trinajstić information content (AvgIpc) is 3.28. The summed E-state index contributed by atoms with van der Waals surface area (Å²) >= 11 is 0. The van der Waals surface area contributed by atoms with Crippen LogP contribution in [0.1, 0.15) is 19.0 Å². The smallest absolute Gasteiger partial charge is 0.0486 e. The second kappa shape index (κ2) is 5.87. The molecule has 2 heterocycles. The third-order valence-corrected chi connectivity index (χ3v) is 6.69. The first-order chi connectivity index (χ1) is 14.2. The van der Waals surface area contributed by atoms with E-state index in [1.165, 1.54) is 66.2 Å². The highest BCUT2D eigenvalue weighted by Gasteiger charge is 2.12. The first-order valence-corrected chi connectivity index (χ1v) is 10.5. The standard InChI is InChI=1S/C27H24N2/c1-4-5-17-16-25-23-9-7-18-19(21(23)11-13-27(25)29(17)3)6-8-22-20(18)10-12-26-24(22)14-15-28(26)2/h6-16H,4-5H2,1-3H3. The maximum Gasteiger partial charge on any atom is 0.0486 e. The molecule has 2 nitrogen and oxygen atoms in total. The molecule has 0 fully saturated rings. The van der Waals surface area contributed by atoms with Crippen LogP contribution in [0.5, 0.6) is 0 Å². The van der Waals surface area contributed by atoms with Crippen LogP contribution >= 0.6 is 0 Å². The van der Waals surface area contributed by atoms with Crippen LogP contribution in [-0.4, -0.2) is 9.13 Å². The molecule has 0 aliphatic heterocycles. The van der Waals surface area contributed by atoms with Crippen molar-refractivity contribution in [2.75, 3.05) is 0 Å². The minimum absolute atomic E-state index is 1.12. The second-order valence-corrected chi connectivity index (χ2v) is 8.28. The van der Waals surface area contributed by atoms with Crippen LogP contribution in [0.4, 0.5) is 0 Å². The van der Waals surface area contributed by atoms with Gasteiger partial charge in [-0.1, -0.05) is 49.7 Å². The molecular weight excluding hydrogens is 352 g/mol. The van der Waals surface area contributed by atoms with Gasteiger partial charge in [0.15, 0.2) is 0 Å². The topological polar surface area (TPSA) is 9.86 Å². The van der Waals surface area contributed by atoms with E-state index in [2.05, 4.69) is 97.0 Å². The van der Waals surface area contributed by atoms with Crippen molar-refractivity contribution in [1.82, 2.24) is 9.13 Å². The molecule has 0 radical (unpaired) electrons. The van der Waals surface area contributed by atoms with Crippen molar-refractivity contribution >= 4 is 54.1 Å². The first kappa shape index (κ1) is 16.7. The van der Waals surface area contributed by atoms with Crippen LogP contribution in [0.2, 0.25) is 0 Å². The lowest BCUT2D eigenvalue weighted by molar-refractivity contribution is 0.805. The van der Waals surface area contributed by atoms with Crippen LogP contribution < -0.4 is 0 Å². The van der Waals surface area contributed by atoms with Crippen molar-refractivity contribution in [2.24, 2.45) is 14.1 Å². The van der Waals surface area contributed by atoms with Gasteiger partial charge in [0, 0.05) is 47.8 Å². The summed E-state index contributed by atoms with van der Waals surface area (Å²) in [6, 6.07) is 23.0. The zero-order chi connectivity index (χ0) is 19.7. The van der Waals surface area contributed by atoms with Crippen molar-refractivity contribution in [2.45, 2.75) is 19.8 Å². The van der Waals surface area contributed by atoms with E-state index in [4.69, 9.17) is 0 Å². The maximum absolute atomic E-state index is 2.39. The predicted molar refractivity (Wildman–Crippen MR) is 126 cm³/mol. The van der Waals surface area contributed by atoms with Crippen LogP contribution in [0.3, 0.4) is 0 Å². The average molecular weight is 377 g/mol. The molecule has 0 spiro atoms. The van der Waals surface area contributed by atoms with Crippen LogP contribution in [-0.2, 0) is 20.5 Å². The van der Waals surface area contributed by atoms with Crippen molar-refractivity contribution in [3.8, 4) is 0 Å². The van der Waals surface area contributed by atoms with Crippen LogP contribution in [0.15, 0.2) is 66.9 Å². The van der Waals surface area contributed by atoms with Gasteiger partial charge in [-0.15, -0.1) is 0 Å². The Hall–Kier alpha value is -3.26. The van der Waals surface area contributed by atoms with Crippen molar-refractivity contribution < 1.29 is 0 Å². The van der Waals surface area contributed by atoms with Gasteiger partial charge >= 0.3 is 0 Å². The number of aromatic nitrogens is 2. The normalized spacial score (nSPS) is 12.2. The van der Waals surface area contributed by atoms with Gasteiger partial charge < -0.3 is 9.13 Å². The van der Waals surface area contributed by atoms with E-state index >= 15 is 0 Å². The van der Waals surface area contributed by atoms with Crippen molar-refractivity contribution in [1.29, 1.82) is 0 Å². The molecule has 0 saturated heterocycles. The molecule has 0 amide bonds. The van der Waals surface area contributed by atoms with Gasteiger partial charge in [-0.25, -0.2) is 0 Å². The zero-order valence-corrected chi connectivity index (χ0v) is 17.2. The SMILES string of the molecule is CCCc1cc2c3ccc4c(ccc5c4ccc4c5ccn4C)c3ccc2n1C. The summed E-state index contributed by atoms with van der Waals surface area (Å²) in [4.78, 5) is 0. The first-order valence-electron chi connectivity index (χ1n) is 10.5. The Labute approximate surface area is 170 Å². The van der Waals surface area contributed by atoms with Crippen molar-refractivity contribution in [3.05, 3.63) is 72.6 Å². The fourth-order valence-corrected chi connectivity index (χ4v) is 5.17. The summed E-state index contributed by atoms with van der Waals surface area (Å²) in [5.74, 6) is 0. The number of nitrogens with zero attached hydrogens (tertiary/aromatic N) is 2. The van der Waals surface area contributed by atoms with Crippen LogP contribution in [0, 0.1) is 0 Å². The Balaban J connectivity index is 1.72. The van der Waals surface area contributed by atoms with Gasteiger partial charge in [0.05, 0.1) is 0 Å². The van der Waals surface area contributed by atoms with Gasteiger partial charge in [-0.05, 0) is 63.0 Å². The van der Waals surface area contributed by atoms with Gasteiger partial charge in [0.2, 0.25) is 0 Å². The molecule has 0 unspecified atom stereocenters. The van der Waals surface area contributed by atoms with Gasteiger partial charge in [-0.3, -0.25) is 0 Å². The lowest BCUT2D eigenvalue weighted by Crippen LogP contribution is -1.94. The molecule has 6 aromatic rings. The highest BCUT2D eigenvalue weighted by atomic mass is 14.9. The summed E-state index contributed by atoms with van der Waals surface area (Å²) in [7, 11) is 4.31. The summed E-state index contributed by atoms with van der Waals surface area (Å²) in [6.45, 7) is 2.25. The van der Waals surface area contributed by atoms with E-state index in [1.807, 2.05) is 0 Å². The molecule has 2 heteroatoms. The molecule has 0 aliphatic rings. The Bertz CT molecular complexity index is 1580. The maximum atomic E-state index is 2.39. The highest BCUT2D eigenvalue weighted by Crippen LogP contribution is 2.37. The molecule has 4 aromatic carbocycles. The fraction of sp³-hybridized carbons (Fsp3) is 0.185. The molecule has 0 aliphatic carbocycles.